The molecule has 20 heavy (non-hydrogen) atoms. The van der Waals surface area contributed by atoms with Gasteiger partial charge in [-0.05, 0) is 38.8 Å². The lowest BCUT2D eigenvalue weighted by atomic mass is 9.89. The Bertz CT molecular complexity index is 442. The van der Waals surface area contributed by atoms with Gasteiger partial charge in [0.2, 0.25) is 0 Å². The second-order valence-corrected chi connectivity index (χ2v) is 6.70. The van der Waals surface area contributed by atoms with Crippen molar-refractivity contribution in [3.63, 3.8) is 0 Å². The van der Waals surface area contributed by atoms with Gasteiger partial charge in [-0.3, -0.25) is 4.90 Å². The zero-order valence-electron chi connectivity index (χ0n) is 12.7. The number of benzene rings is 1. The molecule has 0 radical (unpaired) electrons. The molecular formula is C17H26N2O. The van der Waals surface area contributed by atoms with E-state index in [0.717, 1.165) is 39.3 Å². The van der Waals surface area contributed by atoms with E-state index in [-0.39, 0.29) is 11.1 Å². The predicted octanol–water partition coefficient (Wildman–Crippen LogP) is 2.38. The van der Waals surface area contributed by atoms with E-state index in [9.17, 15) is 0 Å². The van der Waals surface area contributed by atoms with Gasteiger partial charge in [-0.25, -0.2) is 0 Å². The molecule has 0 aliphatic carbocycles. The number of rotatable bonds is 2. The Labute approximate surface area is 122 Å². The lowest BCUT2D eigenvalue weighted by Crippen LogP contribution is -2.54. The highest BCUT2D eigenvalue weighted by Crippen LogP contribution is 2.32. The molecule has 1 aromatic rings. The highest BCUT2D eigenvalue weighted by atomic mass is 16.5. The van der Waals surface area contributed by atoms with E-state index in [1.54, 1.807) is 0 Å². The minimum atomic E-state index is 0.0311. The maximum absolute atomic E-state index is 5.67. The van der Waals surface area contributed by atoms with Crippen LogP contribution in [0, 0.1) is 0 Å². The molecule has 1 N–H and O–H groups in total. The summed E-state index contributed by atoms with van der Waals surface area (Å²) in [4.78, 5) is 2.65. The molecule has 1 aromatic carbocycles. The highest BCUT2D eigenvalue weighted by Gasteiger charge is 2.41. The van der Waals surface area contributed by atoms with Crippen molar-refractivity contribution in [3.8, 4) is 0 Å². The summed E-state index contributed by atoms with van der Waals surface area (Å²) in [6.45, 7) is 9.77. The Morgan fingerprint density at radius 2 is 2.00 bits per heavy atom. The maximum Gasteiger partial charge on any atom is 0.0648 e. The molecular weight excluding hydrogens is 248 g/mol. The van der Waals surface area contributed by atoms with Crippen molar-refractivity contribution in [2.45, 2.75) is 37.8 Å². The maximum atomic E-state index is 5.67. The van der Waals surface area contributed by atoms with Gasteiger partial charge in [-0.2, -0.15) is 0 Å². The van der Waals surface area contributed by atoms with Gasteiger partial charge in [-0.1, -0.05) is 30.3 Å². The summed E-state index contributed by atoms with van der Waals surface area (Å²) in [5.74, 6) is 0. The molecule has 0 bridgehead atoms. The summed E-state index contributed by atoms with van der Waals surface area (Å²) in [7, 11) is 0. The first kappa shape index (κ1) is 14.1. The number of hydrogen-bond donors (Lipinski definition) is 1. The fraction of sp³-hybridized carbons (Fsp3) is 0.647. The topological polar surface area (TPSA) is 24.5 Å². The number of nitrogens with zero attached hydrogens (tertiary/aromatic N) is 1. The summed E-state index contributed by atoms with van der Waals surface area (Å²) < 4.78 is 5.67. The van der Waals surface area contributed by atoms with Crippen molar-refractivity contribution >= 4 is 0 Å². The summed E-state index contributed by atoms with van der Waals surface area (Å²) >= 11 is 0. The first-order valence-corrected chi connectivity index (χ1v) is 7.76. The lowest BCUT2D eigenvalue weighted by Gasteiger charge is -2.41. The average Bonchev–Trinajstić information content (AvgIpc) is 2.80. The first-order chi connectivity index (χ1) is 9.62. The molecule has 3 nitrogen and oxygen atoms in total. The SMILES string of the molecule is CC1(c2ccccc2)CN(C2(C)CCOC2)CCCN1. The van der Waals surface area contributed by atoms with Gasteiger partial charge in [0.05, 0.1) is 12.1 Å². The van der Waals surface area contributed by atoms with Crippen LogP contribution in [0.1, 0.15) is 32.3 Å². The molecule has 0 aromatic heterocycles. The van der Waals surface area contributed by atoms with E-state index in [0.29, 0.717) is 0 Å². The molecule has 0 saturated carbocycles. The van der Waals surface area contributed by atoms with Crippen molar-refractivity contribution in [2.75, 3.05) is 32.8 Å². The van der Waals surface area contributed by atoms with Crippen LogP contribution < -0.4 is 5.32 Å². The largest absolute Gasteiger partial charge is 0.379 e. The summed E-state index contributed by atoms with van der Waals surface area (Å²) in [5, 5.41) is 3.76. The average molecular weight is 274 g/mol. The molecule has 3 rings (SSSR count). The van der Waals surface area contributed by atoms with Gasteiger partial charge in [0.25, 0.3) is 0 Å². The van der Waals surface area contributed by atoms with Crippen molar-refractivity contribution in [3.05, 3.63) is 35.9 Å². The van der Waals surface area contributed by atoms with Crippen LogP contribution in [0.15, 0.2) is 30.3 Å². The van der Waals surface area contributed by atoms with E-state index < -0.39 is 0 Å². The van der Waals surface area contributed by atoms with Crippen LogP contribution >= 0.6 is 0 Å². The third kappa shape index (κ3) is 2.62. The molecule has 110 valence electrons. The normalized spacial score (nSPS) is 35.9. The zero-order chi connectivity index (χ0) is 14.1. The third-order valence-corrected chi connectivity index (χ3v) is 5.00. The van der Waals surface area contributed by atoms with Gasteiger partial charge < -0.3 is 10.1 Å². The van der Waals surface area contributed by atoms with Gasteiger partial charge in [0.15, 0.2) is 0 Å². The van der Waals surface area contributed by atoms with Crippen LogP contribution in [0.4, 0.5) is 0 Å². The van der Waals surface area contributed by atoms with Crippen LogP contribution in [0.2, 0.25) is 0 Å². The van der Waals surface area contributed by atoms with E-state index in [4.69, 9.17) is 4.74 Å². The van der Waals surface area contributed by atoms with Crippen molar-refractivity contribution in [1.29, 1.82) is 0 Å². The second-order valence-electron chi connectivity index (χ2n) is 6.70. The Hall–Kier alpha value is -0.900. The third-order valence-electron chi connectivity index (χ3n) is 5.00. The van der Waals surface area contributed by atoms with Crippen molar-refractivity contribution in [1.82, 2.24) is 10.2 Å². The monoisotopic (exact) mass is 274 g/mol. The fourth-order valence-corrected chi connectivity index (χ4v) is 3.52. The summed E-state index contributed by atoms with van der Waals surface area (Å²) in [6, 6.07) is 10.8. The molecule has 0 spiro atoms. The number of nitrogens with one attached hydrogen (secondary N) is 1. The number of hydrogen-bond acceptors (Lipinski definition) is 3. The van der Waals surface area contributed by atoms with Crippen LogP contribution in [0.3, 0.4) is 0 Å². The van der Waals surface area contributed by atoms with Gasteiger partial charge in [0.1, 0.15) is 0 Å². The van der Waals surface area contributed by atoms with E-state index in [2.05, 4.69) is 54.4 Å². The number of ether oxygens (including phenoxy) is 1. The first-order valence-electron chi connectivity index (χ1n) is 7.76. The molecule has 2 fully saturated rings. The Morgan fingerprint density at radius 1 is 1.20 bits per heavy atom. The Balaban J connectivity index is 1.85. The minimum absolute atomic E-state index is 0.0311. The predicted molar refractivity (Wildman–Crippen MR) is 81.8 cm³/mol. The zero-order valence-corrected chi connectivity index (χ0v) is 12.7. The van der Waals surface area contributed by atoms with Crippen LogP contribution in [0.25, 0.3) is 0 Å². The van der Waals surface area contributed by atoms with E-state index in [1.165, 1.54) is 12.0 Å². The quantitative estimate of drug-likeness (QED) is 0.896. The van der Waals surface area contributed by atoms with Crippen LogP contribution in [0.5, 0.6) is 0 Å². The molecule has 0 amide bonds. The lowest BCUT2D eigenvalue weighted by molar-refractivity contribution is 0.0648. The summed E-state index contributed by atoms with van der Waals surface area (Å²) in [5.41, 5.74) is 1.63. The van der Waals surface area contributed by atoms with Gasteiger partial charge in [-0.15, -0.1) is 0 Å². The molecule has 2 saturated heterocycles. The van der Waals surface area contributed by atoms with Crippen LogP contribution in [-0.2, 0) is 10.3 Å². The smallest absolute Gasteiger partial charge is 0.0648 e. The molecule has 2 unspecified atom stereocenters. The van der Waals surface area contributed by atoms with Gasteiger partial charge in [0, 0.05) is 25.2 Å². The Morgan fingerprint density at radius 3 is 2.70 bits per heavy atom. The van der Waals surface area contributed by atoms with E-state index >= 15 is 0 Å². The molecule has 2 atom stereocenters. The Kier molecular flexibility index (Phi) is 3.85. The summed E-state index contributed by atoms with van der Waals surface area (Å²) in [6.07, 6.45) is 2.36. The molecule has 3 heteroatoms. The molecule has 2 aliphatic rings. The molecule has 2 heterocycles. The highest BCUT2D eigenvalue weighted by molar-refractivity contribution is 5.25. The van der Waals surface area contributed by atoms with E-state index in [1.807, 2.05) is 0 Å². The van der Waals surface area contributed by atoms with Crippen molar-refractivity contribution in [2.24, 2.45) is 0 Å². The fourth-order valence-electron chi connectivity index (χ4n) is 3.52. The van der Waals surface area contributed by atoms with Gasteiger partial charge >= 0.3 is 0 Å². The second kappa shape index (κ2) is 5.47. The minimum Gasteiger partial charge on any atom is -0.379 e. The van der Waals surface area contributed by atoms with Crippen molar-refractivity contribution < 1.29 is 4.74 Å². The standard InChI is InChI=1S/C17H26N2O/c1-16(9-12-20-14-16)19-11-6-10-18-17(2,13-19)15-7-4-3-5-8-15/h3-5,7-8,18H,6,9-14H2,1-2H3. The van der Waals surface area contributed by atoms with Crippen LogP contribution in [-0.4, -0.2) is 43.3 Å². The molecule has 2 aliphatic heterocycles.